The summed E-state index contributed by atoms with van der Waals surface area (Å²) in [5.41, 5.74) is 2.06. The number of tetrazole rings is 1. The summed E-state index contributed by atoms with van der Waals surface area (Å²) in [6.07, 6.45) is 1.71. The minimum atomic E-state index is 0.338. The number of fused-ring (bicyclic) bond motifs is 3. The van der Waals surface area contributed by atoms with Gasteiger partial charge in [-0.3, -0.25) is 4.98 Å². The minimum absolute atomic E-state index is 0.338. The van der Waals surface area contributed by atoms with Crippen molar-refractivity contribution in [1.82, 2.24) is 30.6 Å². The molecule has 4 rings (SSSR count). The van der Waals surface area contributed by atoms with Gasteiger partial charge in [0.05, 0.1) is 0 Å². The summed E-state index contributed by atoms with van der Waals surface area (Å²) >= 11 is 3.51. The van der Waals surface area contributed by atoms with Gasteiger partial charge in [-0.1, -0.05) is 22.0 Å². The maximum Gasteiger partial charge on any atom is 0.267 e. The van der Waals surface area contributed by atoms with Gasteiger partial charge in [-0.2, -0.15) is 0 Å². The Hall–Kier alpha value is -2.35. The highest BCUT2D eigenvalue weighted by Gasteiger charge is 2.15. The number of hydrogen-bond acceptors (Lipinski definition) is 6. The van der Waals surface area contributed by atoms with Gasteiger partial charge in [0, 0.05) is 16.1 Å². The Morgan fingerprint density at radius 1 is 1.32 bits per heavy atom. The number of aromatic amines is 1. The number of aromatic nitrogens is 6. The molecule has 7 nitrogen and oxygen atoms in total. The molecule has 0 fully saturated rings. The van der Waals surface area contributed by atoms with Gasteiger partial charge >= 0.3 is 0 Å². The Balaban J connectivity index is 2.11. The Morgan fingerprint density at radius 3 is 3.11 bits per heavy atom. The zero-order valence-electron chi connectivity index (χ0n) is 9.33. The fraction of sp³-hybridized carbons (Fsp3) is 0. The second kappa shape index (κ2) is 3.82. The van der Waals surface area contributed by atoms with E-state index in [1.165, 1.54) is 0 Å². The molecule has 8 heteroatoms. The number of benzene rings is 1. The molecular formula is C11H5BrN6O. The third kappa shape index (κ3) is 1.53. The largest absolute Gasteiger partial charge is 0.431 e. The third-order valence-electron chi connectivity index (χ3n) is 2.74. The number of H-pyrrole nitrogens is 1. The van der Waals surface area contributed by atoms with E-state index in [0.29, 0.717) is 22.8 Å². The van der Waals surface area contributed by atoms with Crippen LogP contribution in [0.2, 0.25) is 0 Å². The first-order valence-corrected chi connectivity index (χ1v) is 6.20. The highest BCUT2D eigenvalue weighted by Crippen LogP contribution is 2.32. The Labute approximate surface area is 114 Å². The van der Waals surface area contributed by atoms with E-state index in [4.69, 9.17) is 4.42 Å². The molecule has 19 heavy (non-hydrogen) atoms. The predicted molar refractivity (Wildman–Crippen MR) is 70.2 cm³/mol. The van der Waals surface area contributed by atoms with Gasteiger partial charge in [-0.15, -0.1) is 5.10 Å². The molecule has 1 aromatic carbocycles. The zero-order valence-corrected chi connectivity index (χ0v) is 10.9. The number of pyridine rings is 1. The standard InChI is InChI=1S/C11H5BrN6O/c12-6-4-7-9(8-5(6)2-1-3-13-8)19-11(14-7)10-15-17-18-16-10/h1-4H,(H,15,16,17,18). The molecule has 0 aliphatic carbocycles. The normalized spacial score (nSPS) is 11.4. The monoisotopic (exact) mass is 316 g/mol. The van der Waals surface area contributed by atoms with Crippen molar-refractivity contribution in [2.75, 3.05) is 0 Å². The van der Waals surface area contributed by atoms with Gasteiger partial charge < -0.3 is 4.42 Å². The van der Waals surface area contributed by atoms with Crippen molar-refractivity contribution >= 4 is 37.9 Å². The number of hydrogen-bond donors (Lipinski definition) is 1. The van der Waals surface area contributed by atoms with Crippen molar-refractivity contribution in [1.29, 1.82) is 0 Å². The quantitative estimate of drug-likeness (QED) is 0.579. The fourth-order valence-corrected chi connectivity index (χ4v) is 2.46. The molecule has 0 saturated heterocycles. The van der Waals surface area contributed by atoms with Crippen molar-refractivity contribution in [3.63, 3.8) is 0 Å². The van der Waals surface area contributed by atoms with Crippen LogP contribution < -0.4 is 0 Å². The fourth-order valence-electron chi connectivity index (χ4n) is 1.93. The Kier molecular flexibility index (Phi) is 2.12. The Morgan fingerprint density at radius 2 is 2.26 bits per heavy atom. The van der Waals surface area contributed by atoms with Crippen LogP contribution in [-0.2, 0) is 0 Å². The van der Waals surface area contributed by atoms with E-state index < -0.39 is 0 Å². The molecule has 0 atom stereocenters. The van der Waals surface area contributed by atoms with Gasteiger partial charge in [0.25, 0.3) is 5.89 Å². The molecule has 0 aliphatic rings. The van der Waals surface area contributed by atoms with E-state index in [9.17, 15) is 0 Å². The van der Waals surface area contributed by atoms with E-state index in [0.717, 1.165) is 15.4 Å². The lowest BCUT2D eigenvalue weighted by molar-refractivity contribution is 0.615. The molecule has 0 unspecified atom stereocenters. The van der Waals surface area contributed by atoms with Crippen LogP contribution in [0, 0.1) is 0 Å². The molecule has 0 spiro atoms. The molecule has 3 aromatic heterocycles. The van der Waals surface area contributed by atoms with Gasteiger partial charge in [0.15, 0.2) is 5.58 Å². The lowest BCUT2D eigenvalue weighted by Crippen LogP contribution is -1.80. The second-order valence-electron chi connectivity index (χ2n) is 3.88. The van der Waals surface area contributed by atoms with Gasteiger partial charge in [0.1, 0.15) is 11.0 Å². The molecule has 0 bridgehead atoms. The van der Waals surface area contributed by atoms with Crippen LogP contribution in [0.3, 0.4) is 0 Å². The first-order valence-electron chi connectivity index (χ1n) is 5.41. The van der Waals surface area contributed by atoms with E-state index in [1.54, 1.807) is 6.20 Å². The van der Waals surface area contributed by atoms with E-state index in [-0.39, 0.29) is 0 Å². The molecule has 0 amide bonds. The Bertz CT molecular complexity index is 885. The van der Waals surface area contributed by atoms with Crippen molar-refractivity contribution in [2.24, 2.45) is 0 Å². The molecule has 92 valence electrons. The second-order valence-corrected chi connectivity index (χ2v) is 4.73. The number of oxazole rings is 1. The van der Waals surface area contributed by atoms with Crippen molar-refractivity contribution in [3.05, 3.63) is 28.9 Å². The summed E-state index contributed by atoms with van der Waals surface area (Å²) in [5.74, 6) is 0.724. The summed E-state index contributed by atoms with van der Waals surface area (Å²) in [6, 6.07) is 5.72. The SMILES string of the molecule is Brc1cc2nc(-c3nnn[nH]3)oc2c2ncccc12. The molecular weight excluding hydrogens is 312 g/mol. The maximum atomic E-state index is 5.71. The van der Waals surface area contributed by atoms with E-state index in [2.05, 4.69) is 46.5 Å². The minimum Gasteiger partial charge on any atom is -0.431 e. The summed E-state index contributed by atoms with van der Waals surface area (Å²) in [4.78, 5) is 8.69. The molecule has 4 aromatic rings. The van der Waals surface area contributed by atoms with Crippen LogP contribution in [0.15, 0.2) is 33.3 Å². The first kappa shape index (κ1) is 10.6. The van der Waals surface area contributed by atoms with Crippen LogP contribution in [-0.4, -0.2) is 30.6 Å². The number of halogens is 1. The highest BCUT2D eigenvalue weighted by atomic mass is 79.9. The zero-order chi connectivity index (χ0) is 12.8. The van der Waals surface area contributed by atoms with E-state index in [1.807, 2.05) is 18.2 Å². The van der Waals surface area contributed by atoms with Crippen LogP contribution in [0.4, 0.5) is 0 Å². The van der Waals surface area contributed by atoms with Crippen LogP contribution >= 0.6 is 15.9 Å². The summed E-state index contributed by atoms with van der Waals surface area (Å²) < 4.78 is 6.63. The van der Waals surface area contributed by atoms with Crippen LogP contribution in [0.1, 0.15) is 0 Å². The molecule has 0 aliphatic heterocycles. The van der Waals surface area contributed by atoms with Gasteiger partial charge in [0.2, 0.25) is 5.82 Å². The summed E-state index contributed by atoms with van der Waals surface area (Å²) in [5, 5.41) is 14.4. The molecule has 0 saturated carbocycles. The number of rotatable bonds is 1. The van der Waals surface area contributed by atoms with Gasteiger partial charge in [-0.05, 0) is 22.6 Å². The average molecular weight is 317 g/mol. The number of nitrogens with one attached hydrogen (secondary N) is 1. The first-order chi connectivity index (χ1) is 9.33. The van der Waals surface area contributed by atoms with Crippen LogP contribution in [0.5, 0.6) is 0 Å². The summed E-state index contributed by atoms with van der Waals surface area (Å²) in [6.45, 7) is 0. The third-order valence-corrected chi connectivity index (χ3v) is 3.40. The van der Waals surface area contributed by atoms with Crippen LogP contribution in [0.25, 0.3) is 33.7 Å². The smallest absolute Gasteiger partial charge is 0.267 e. The highest BCUT2D eigenvalue weighted by molar-refractivity contribution is 9.10. The summed E-state index contributed by atoms with van der Waals surface area (Å²) in [7, 11) is 0. The van der Waals surface area contributed by atoms with Gasteiger partial charge in [-0.25, -0.2) is 10.1 Å². The van der Waals surface area contributed by atoms with Crippen molar-refractivity contribution < 1.29 is 4.42 Å². The molecule has 0 radical (unpaired) electrons. The predicted octanol–water partition coefficient (Wildman–Crippen LogP) is 2.32. The lowest BCUT2D eigenvalue weighted by atomic mass is 10.2. The van der Waals surface area contributed by atoms with Crippen molar-refractivity contribution in [3.8, 4) is 11.7 Å². The average Bonchev–Trinajstić information content (AvgIpc) is 3.07. The molecule has 3 heterocycles. The topological polar surface area (TPSA) is 93.4 Å². The number of nitrogens with zero attached hydrogens (tertiary/aromatic N) is 5. The van der Waals surface area contributed by atoms with E-state index >= 15 is 0 Å². The van der Waals surface area contributed by atoms with Crippen molar-refractivity contribution in [2.45, 2.75) is 0 Å². The molecule has 1 N–H and O–H groups in total. The lowest BCUT2D eigenvalue weighted by Gasteiger charge is -1.98. The maximum absolute atomic E-state index is 5.71.